The van der Waals surface area contributed by atoms with Crippen molar-refractivity contribution in [3.8, 4) is 12.3 Å². The monoisotopic (exact) mass is 181 g/mol. The highest BCUT2D eigenvalue weighted by Gasteiger charge is 2.13. The number of hydrogen-bond acceptors (Lipinski definition) is 2. The van der Waals surface area contributed by atoms with Crippen molar-refractivity contribution in [3.63, 3.8) is 0 Å². The molecule has 1 aliphatic heterocycles. The van der Waals surface area contributed by atoms with Crippen LogP contribution in [0.5, 0.6) is 0 Å². The van der Waals surface area contributed by atoms with Gasteiger partial charge in [-0.1, -0.05) is 0 Å². The van der Waals surface area contributed by atoms with E-state index >= 15 is 0 Å². The van der Waals surface area contributed by atoms with Gasteiger partial charge in [0.05, 0.1) is 6.10 Å². The highest BCUT2D eigenvalue weighted by Crippen LogP contribution is 2.16. The van der Waals surface area contributed by atoms with E-state index in [1.165, 1.54) is 25.7 Å². The Hall–Kier alpha value is -0.520. The molecule has 0 spiro atoms. The van der Waals surface area contributed by atoms with Crippen LogP contribution in [-0.4, -0.2) is 25.8 Å². The molecule has 0 amide bonds. The zero-order chi connectivity index (χ0) is 9.36. The number of ether oxygens (including phenoxy) is 1. The average Bonchev–Trinajstić information content (AvgIpc) is 2.63. The van der Waals surface area contributed by atoms with Gasteiger partial charge in [-0.3, -0.25) is 0 Å². The van der Waals surface area contributed by atoms with Crippen LogP contribution in [0.3, 0.4) is 0 Å². The molecule has 74 valence electrons. The molecule has 2 heteroatoms. The van der Waals surface area contributed by atoms with Gasteiger partial charge in [0, 0.05) is 19.6 Å². The largest absolute Gasteiger partial charge is 0.378 e. The van der Waals surface area contributed by atoms with E-state index in [1.54, 1.807) is 0 Å². The van der Waals surface area contributed by atoms with Crippen molar-refractivity contribution in [1.29, 1.82) is 0 Å². The Morgan fingerprint density at radius 1 is 1.46 bits per heavy atom. The molecular formula is C11H19NO. The molecule has 0 saturated carbocycles. The second kappa shape index (κ2) is 6.94. The first kappa shape index (κ1) is 10.6. The lowest BCUT2D eigenvalue weighted by atomic mass is 10.1. The minimum absolute atomic E-state index is 0.537. The molecule has 1 unspecified atom stereocenters. The lowest BCUT2D eigenvalue weighted by Gasteiger charge is -2.08. The molecule has 0 bridgehead atoms. The number of terminal acetylenes is 1. The average molecular weight is 181 g/mol. The van der Waals surface area contributed by atoms with Crippen molar-refractivity contribution in [2.75, 3.05) is 19.7 Å². The summed E-state index contributed by atoms with van der Waals surface area (Å²) in [5.74, 6) is 2.61. The fourth-order valence-corrected chi connectivity index (χ4v) is 1.61. The topological polar surface area (TPSA) is 21.3 Å². The standard InChI is InChI=1S/C11H19NO/c1-2-3-8-12-9-4-6-11-7-5-10-13-11/h1,11-12H,3-10H2. The van der Waals surface area contributed by atoms with Gasteiger partial charge in [-0.25, -0.2) is 0 Å². The first-order valence-electron chi connectivity index (χ1n) is 5.19. The fraction of sp³-hybridized carbons (Fsp3) is 0.818. The van der Waals surface area contributed by atoms with Crippen molar-refractivity contribution >= 4 is 0 Å². The Balaban J connectivity index is 1.81. The summed E-state index contributed by atoms with van der Waals surface area (Å²) in [6.07, 6.45) is 11.4. The van der Waals surface area contributed by atoms with Crippen LogP contribution in [0.15, 0.2) is 0 Å². The minimum Gasteiger partial charge on any atom is -0.378 e. The van der Waals surface area contributed by atoms with Crippen molar-refractivity contribution in [1.82, 2.24) is 5.32 Å². The van der Waals surface area contributed by atoms with Gasteiger partial charge in [-0.05, 0) is 32.2 Å². The van der Waals surface area contributed by atoms with Crippen LogP contribution in [0.25, 0.3) is 0 Å². The van der Waals surface area contributed by atoms with Crippen LogP contribution < -0.4 is 5.32 Å². The summed E-state index contributed by atoms with van der Waals surface area (Å²) in [5, 5.41) is 3.31. The maximum Gasteiger partial charge on any atom is 0.0576 e. The molecule has 1 fully saturated rings. The summed E-state index contributed by atoms with van der Waals surface area (Å²) in [6.45, 7) is 2.98. The highest BCUT2D eigenvalue weighted by molar-refractivity contribution is 4.83. The predicted octanol–water partition coefficient (Wildman–Crippen LogP) is 1.56. The second-order valence-corrected chi connectivity index (χ2v) is 3.48. The van der Waals surface area contributed by atoms with Gasteiger partial charge in [-0.15, -0.1) is 12.3 Å². The molecule has 1 rings (SSSR count). The molecule has 1 aliphatic rings. The van der Waals surface area contributed by atoms with Gasteiger partial charge in [0.2, 0.25) is 0 Å². The molecule has 0 aliphatic carbocycles. The van der Waals surface area contributed by atoms with Gasteiger partial charge in [0.25, 0.3) is 0 Å². The third-order valence-electron chi connectivity index (χ3n) is 2.35. The highest BCUT2D eigenvalue weighted by atomic mass is 16.5. The van der Waals surface area contributed by atoms with E-state index in [1.807, 2.05) is 0 Å². The van der Waals surface area contributed by atoms with E-state index in [0.717, 1.165) is 26.1 Å². The van der Waals surface area contributed by atoms with E-state index in [9.17, 15) is 0 Å². The molecule has 1 saturated heterocycles. The smallest absolute Gasteiger partial charge is 0.0576 e. The van der Waals surface area contributed by atoms with Crippen molar-refractivity contribution < 1.29 is 4.74 Å². The third-order valence-corrected chi connectivity index (χ3v) is 2.35. The molecule has 0 aromatic heterocycles. The van der Waals surface area contributed by atoms with Crippen molar-refractivity contribution in [3.05, 3.63) is 0 Å². The molecule has 0 radical (unpaired) electrons. The molecule has 13 heavy (non-hydrogen) atoms. The van der Waals surface area contributed by atoms with Crippen LogP contribution >= 0.6 is 0 Å². The number of nitrogens with one attached hydrogen (secondary N) is 1. The normalized spacial score (nSPS) is 21.6. The maximum absolute atomic E-state index is 5.52. The number of rotatable bonds is 6. The lowest BCUT2D eigenvalue weighted by molar-refractivity contribution is 0.102. The molecule has 0 aromatic rings. The van der Waals surface area contributed by atoms with Crippen LogP contribution in [0, 0.1) is 12.3 Å². The molecule has 0 aromatic carbocycles. The van der Waals surface area contributed by atoms with Gasteiger partial charge >= 0.3 is 0 Å². The van der Waals surface area contributed by atoms with E-state index in [4.69, 9.17) is 11.2 Å². The lowest BCUT2D eigenvalue weighted by Crippen LogP contribution is -2.18. The predicted molar refractivity (Wildman–Crippen MR) is 54.5 cm³/mol. The zero-order valence-corrected chi connectivity index (χ0v) is 8.22. The molecule has 2 nitrogen and oxygen atoms in total. The molecule has 1 N–H and O–H groups in total. The first-order valence-corrected chi connectivity index (χ1v) is 5.19. The van der Waals surface area contributed by atoms with Crippen LogP contribution in [0.2, 0.25) is 0 Å². The van der Waals surface area contributed by atoms with Crippen molar-refractivity contribution in [2.24, 2.45) is 0 Å². The van der Waals surface area contributed by atoms with E-state index < -0.39 is 0 Å². The van der Waals surface area contributed by atoms with Gasteiger partial charge in [0.1, 0.15) is 0 Å². The molecule has 1 atom stereocenters. The van der Waals surface area contributed by atoms with Crippen LogP contribution in [-0.2, 0) is 4.74 Å². The van der Waals surface area contributed by atoms with Crippen molar-refractivity contribution in [2.45, 2.75) is 38.2 Å². The minimum atomic E-state index is 0.537. The first-order chi connectivity index (χ1) is 6.43. The number of hydrogen-bond donors (Lipinski definition) is 1. The maximum atomic E-state index is 5.52. The Bertz CT molecular complexity index is 156. The Morgan fingerprint density at radius 2 is 2.38 bits per heavy atom. The summed E-state index contributed by atoms with van der Waals surface area (Å²) in [5.41, 5.74) is 0. The summed E-state index contributed by atoms with van der Waals surface area (Å²) in [7, 11) is 0. The zero-order valence-electron chi connectivity index (χ0n) is 8.22. The van der Waals surface area contributed by atoms with Gasteiger partial charge in [-0.2, -0.15) is 0 Å². The van der Waals surface area contributed by atoms with Crippen LogP contribution in [0.1, 0.15) is 32.1 Å². The van der Waals surface area contributed by atoms with E-state index in [-0.39, 0.29) is 0 Å². The molecular weight excluding hydrogens is 162 g/mol. The van der Waals surface area contributed by atoms with E-state index in [0.29, 0.717) is 6.10 Å². The molecule has 1 heterocycles. The van der Waals surface area contributed by atoms with E-state index in [2.05, 4.69) is 11.2 Å². The fourth-order valence-electron chi connectivity index (χ4n) is 1.61. The van der Waals surface area contributed by atoms with Gasteiger partial charge < -0.3 is 10.1 Å². The Labute approximate surface area is 81.0 Å². The second-order valence-electron chi connectivity index (χ2n) is 3.48. The quantitative estimate of drug-likeness (QED) is 0.496. The summed E-state index contributed by atoms with van der Waals surface area (Å²) >= 11 is 0. The Morgan fingerprint density at radius 3 is 3.08 bits per heavy atom. The summed E-state index contributed by atoms with van der Waals surface area (Å²) in [6, 6.07) is 0. The Kier molecular flexibility index (Phi) is 5.64. The summed E-state index contributed by atoms with van der Waals surface area (Å²) in [4.78, 5) is 0. The SMILES string of the molecule is C#CCCNCCCC1CCCO1. The van der Waals surface area contributed by atoms with Crippen LogP contribution in [0.4, 0.5) is 0 Å². The third kappa shape index (κ3) is 4.92. The summed E-state index contributed by atoms with van der Waals surface area (Å²) < 4.78 is 5.52. The van der Waals surface area contributed by atoms with Gasteiger partial charge in [0.15, 0.2) is 0 Å².